The lowest BCUT2D eigenvalue weighted by Crippen LogP contribution is -2.49. The molecule has 3 atom stereocenters. The summed E-state index contributed by atoms with van der Waals surface area (Å²) < 4.78 is 0. The molecule has 0 aromatic carbocycles. The van der Waals surface area contributed by atoms with Crippen LogP contribution in [-0.4, -0.2) is 13.1 Å². The number of hydrogen-bond donors (Lipinski definition) is 1. The van der Waals surface area contributed by atoms with Gasteiger partial charge in [0, 0.05) is 0 Å². The maximum absolute atomic E-state index is 3.60. The summed E-state index contributed by atoms with van der Waals surface area (Å²) in [7, 11) is 0. The van der Waals surface area contributed by atoms with E-state index in [2.05, 4.69) is 26.1 Å². The molecule has 0 aromatic heterocycles. The van der Waals surface area contributed by atoms with Gasteiger partial charge in [0.15, 0.2) is 0 Å². The minimum Gasteiger partial charge on any atom is -0.316 e. The molecule has 1 saturated heterocycles. The molecule has 1 heteroatoms. The monoisotopic (exact) mass is 209 g/mol. The molecule has 1 spiro atoms. The van der Waals surface area contributed by atoms with Crippen LogP contribution >= 0.6 is 0 Å². The second-order valence-electron chi connectivity index (χ2n) is 6.37. The first-order valence-electron chi connectivity index (χ1n) is 6.85. The number of piperidine rings is 1. The van der Waals surface area contributed by atoms with Crippen LogP contribution in [0.3, 0.4) is 0 Å². The Kier molecular flexibility index (Phi) is 3.39. The van der Waals surface area contributed by atoms with Gasteiger partial charge < -0.3 is 5.32 Å². The lowest BCUT2D eigenvalue weighted by Gasteiger charge is -2.50. The van der Waals surface area contributed by atoms with Crippen molar-refractivity contribution in [1.82, 2.24) is 5.32 Å². The summed E-state index contributed by atoms with van der Waals surface area (Å²) in [6.07, 6.45) is 7.38. The zero-order chi connectivity index (χ0) is 10.9. The molecule has 0 bridgehead atoms. The van der Waals surface area contributed by atoms with Gasteiger partial charge in [0.2, 0.25) is 0 Å². The van der Waals surface area contributed by atoms with E-state index in [1.165, 1.54) is 45.2 Å². The zero-order valence-corrected chi connectivity index (χ0v) is 10.7. The van der Waals surface area contributed by atoms with E-state index in [0.29, 0.717) is 5.41 Å². The molecule has 1 N–H and O–H groups in total. The predicted octanol–water partition coefficient (Wildman–Crippen LogP) is 3.45. The normalized spacial score (nSPS) is 42.4. The summed E-state index contributed by atoms with van der Waals surface area (Å²) in [6.45, 7) is 9.82. The SMILES string of the molecule is CC1CCCC2(CCNCC2C(C)C)C1. The van der Waals surface area contributed by atoms with Crippen molar-refractivity contribution < 1.29 is 0 Å². The van der Waals surface area contributed by atoms with Gasteiger partial charge in [-0.05, 0) is 55.5 Å². The third-order valence-electron chi connectivity index (χ3n) is 4.88. The first-order valence-corrected chi connectivity index (χ1v) is 6.85. The van der Waals surface area contributed by atoms with Crippen molar-refractivity contribution in [1.29, 1.82) is 0 Å². The lowest BCUT2D eigenvalue weighted by molar-refractivity contribution is 0.0122. The van der Waals surface area contributed by atoms with Gasteiger partial charge in [0.1, 0.15) is 0 Å². The number of hydrogen-bond acceptors (Lipinski definition) is 1. The average molecular weight is 209 g/mol. The van der Waals surface area contributed by atoms with E-state index in [4.69, 9.17) is 0 Å². The third kappa shape index (κ3) is 2.22. The molecule has 15 heavy (non-hydrogen) atoms. The fourth-order valence-electron chi connectivity index (χ4n) is 4.20. The van der Waals surface area contributed by atoms with E-state index < -0.39 is 0 Å². The summed E-state index contributed by atoms with van der Waals surface area (Å²) in [4.78, 5) is 0. The summed E-state index contributed by atoms with van der Waals surface area (Å²) in [5.41, 5.74) is 0.705. The second-order valence-corrected chi connectivity index (χ2v) is 6.37. The topological polar surface area (TPSA) is 12.0 Å². The fraction of sp³-hybridized carbons (Fsp3) is 1.00. The van der Waals surface area contributed by atoms with Crippen LogP contribution in [-0.2, 0) is 0 Å². The van der Waals surface area contributed by atoms with Crippen LogP contribution in [0.1, 0.15) is 52.9 Å². The minimum atomic E-state index is 0.705. The fourth-order valence-corrected chi connectivity index (χ4v) is 4.20. The Hall–Kier alpha value is -0.0400. The second kappa shape index (κ2) is 4.45. The highest BCUT2D eigenvalue weighted by atomic mass is 14.9. The molecule has 3 unspecified atom stereocenters. The standard InChI is InChI=1S/C14H27N/c1-11(2)13-10-15-8-7-14(13)6-4-5-12(3)9-14/h11-13,15H,4-10H2,1-3H3. The zero-order valence-electron chi connectivity index (χ0n) is 10.7. The summed E-state index contributed by atoms with van der Waals surface area (Å²) >= 11 is 0. The van der Waals surface area contributed by atoms with Gasteiger partial charge in [0.25, 0.3) is 0 Å². The minimum absolute atomic E-state index is 0.705. The van der Waals surface area contributed by atoms with Crippen molar-refractivity contribution in [3.63, 3.8) is 0 Å². The molecule has 0 amide bonds. The summed E-state index contributed by atoms with van der Waals surface area (Å²) in [5, 5.41) is 3.60. The van der Waals surface area contributed by atoms with Crippen molar-refractivity contribution in [2.75, 3.05) is 13.1 Å². The van der Waals surface area contributed by atoms with E-state index >= 15 is 0 Å². The molecule has 2 aliphatic rings. The Bertz CT molecular complexity index is 207. The van der Waals surface area contributed by atoms with E-state index in [-0.39, 0.29) is 0 Å². The Labute approximate surface area is 95.0 Å². The summed E-state index contributed by atoms with van der Waals surface area (Å²) in [5.74, 6) is 2.75. The van der Waals surface area contributed by atoms with Gasteiger partial charge in [-0.3, -0.25) is 0 Å². The van der Waals surface area contributed by atoms with E-state index in [0.717, 1.165) is 17.8 Å². The molecule has 1 saturated carbocycles. The lowest BCUT2D eigenvalue weighted by atomic mass is 9.57. The Morgan fingerprint density at radius 3 is 2.73 bits per heavy atom. The molecule has 2 fully saturated rings. The molecular formula is C14H27N. The molecule has 88 valence electrons. The van der Waals surface area contributed by atoms with Gasteiger partial charge in [-0.1, -0.05) is 33.6 Å². The van der Waals surface area contributed by atoms with Crippen LogP contribution in [0.15, 0.2) is 0 Å². The van der Waals surface area contributed by atoms with Gasteiger partial charge >= 0.3 is 0 Å². The van der Waals surface area contributed by atoms with Gasteiger partial charge in [-0.2, -0.15) is 0 Å². The number of nitrogens with one attached hydrogen (secondary N) is 1. The molecule has 1 aliphatic carbocycles. The highest BCUT2D eigenvalue weighted by Gasteiger charge is 2.43. The van der Waals surface area contributed by atoms with Crippen LogP contribution < -0.4 is 5.32 Å². The Morgan fingerprint density at radius 2 is 2.07 bits per heavy atom. The van der Waals surface area contributed by atoms with E-state index in [9.17, 15) is 0 Å². The quantitative estimate of drug-likeness (QED) is 0.697. The molecule has 2 rings (SSSR count). The largest absolute Gasteiger partial charge is 0.316 e. The Balaban J connectivity index is 2.13. The van der Waals surface area contributed by atoms with Crippen LogP contribution in [0.2, 0.25) is 0 Å². The van der Waals surface area contributed by atoms with Crippen molar-refractivity contribution in [2.45, 2.75) is 52.9 Å². The van der Waals surface area contributed by atoms with Crippen LogP contribution in [0.5, 0.6) is 0 Å². The van der Waals surface area contributed by atoms with Gasteiger partial charge in [-0.15, -0.1) is 0 Å². The first-order chi connectivity index (χ1) is 7.14. The third-order valence-corrected chi connectivity index (χ3v) is 4.88. The van der Waals surface area contributed by atoms with Crippen LogP contribution in [0.4, 0.5) is 0 Å². The maximum atomic E-state index is 3.60. The van der Waals surface area contributed by atoms with Crippen molar-refractivity contribution in [3.05, 3.63) is 0 Å². The molecule has 1 heterocycles. The van der Waals surface area contributed by atoms with Crippen molar-refractivity contribution >= 4 is 0 Å². The predicted molar refractivity (Wildman–Crippen MR) is 65.9 cm³/mol. The highest BCUT2D eigenvalue weighted by molar-refractivity contribution is 4.95. The van der Waals surface area contributed by atoms with Crippen LogP contribution in [0, 0.1) is 23.2 Å². The molecule has 1 aliphatic heterocycles. The summed E-state index contributed by atoms with van der Waals surface area (Å²) in [6, 6.07) is 0. The van der Waals surface area contributed by atoms with Crippen LogP contribution in [0.25, 0.3) is 0 Å². The van der Waals surface area contributed by atoms with E-state index in [1.54, 1.807) is 0 Å². The van der Waals surface area contributed by atoms with E-state index in [1.807, 2.05) is 0 Å². The Morgan fingerprint density at radius 1 is 1.27 bits per heavy atom. The first kappa shape index (κ1) is 11.4. The molecule has 0 aromatic rings. The smallest absolute Gasteiger partial charge is 0.00127 e. The van der Waals surface area contributed by atoms with Crippen molar-refractivity contribution in [2.24, 2.45) is 23.2 Å². The molecule has 0 radical (unpaired) electrons. The highest BCUT2D eigenvalue weighted by Crippen LogP contribution is 2.50. The van der Waals surface area contributed by atoms with Gasteiger partial charge in [0.05, 0.1) is 0 Å². The maximum Gasteiger partial charge on any atom is -0.00127 e. The average Bonchev–Trinajstić information content (AvgIpc) is 2.17. The van der Waals surface area contributed by atoms with Crippen molar-refractivity contribution in [3.8, 4) is 0 Å². The van der Waals surface area contributed by atoms with Gasteiger partial charge in [-0.25, -0.2) is 0 Å². The number of rotatable bonds is 1. The molecule has 1 nitrogen and oxygen atoms in total. The molecular weight excluding hydrogens is 182 g/mol.